The van der Waals surface area contributed by atoms with Gasteiger partial charge < -0.3 is 14.6 Å². The van der Waals surface area contributed by atoms with Gasteiger partial charge >= 0.3 is 5.97 Å². The lowest BCUT2D eigenvalue weighted by atomic mass is 9.85. The lowest BCUT2D eigenvalue weighted by Gasteiger charge is -2.22. The molecule has 4 heteroatoms. The lowest BCUT2D eigenvalue weighted by molar-refractivity contribution is -0.146. The van der Waals surface area contributed by atoms with Crippen LogP contribution >= 0.6 is 0 Å². The van der Waals surface area contributed by atoms with Crippen molar-refractivity contribution in [2.45, 2.75) is 33.1 Å². The summed E-state index contributed by atoms with van der Waals surface area (Å²) in [7, 11) is 1.60. The van der Waals surface area contributed by atoms with Crippen molar-refractivity contribution in [1.29, 1.82) is 0 Å². The van der Waals surface area contributed by atoms with E-state index in [1.54, 1.807) is 21.0 Å². The van der Waals surface area contributed by atoms with Gasteiger partial charge in [0.15, 0.2) is 11.5 Å². The van der Waals surface area contributed by atoms with Crippen LogP contribution in [0.4, 0.5) is 0 Å². The second-order valence-corrected chi connectivity index (χ2v) is 6.07. The second kappa shape index (κ2) is 5.73. The van der Waals surface area contributed by atoms with Crippen LogP contribution in [0.5, 0.6) is 11.5 Å². The number of carboxylic acids is 1. The first-order valence-electron chi connectivity index (χ1n) is 6.96. The normalized spacial score (nSPS) is 14.9. The zero-order chi connectivity index (χ0) is 14.8. The molecule has 0 aliphatic heterocycles. The number of carbonyl (C=O) groups is 1. The largest absolute Gasteiger partial charge is 0.493 e. The summed E-state index contributed by atoms with van der Waals surface area (Å²) in [4.78, 5) is 11.3. The summed E-state index contributed by atoms with van der Waals surface area (Å²) in [5, 5.41) is 9.28. The van der Waals surface area contributed by atoms with E-state index in [0.717, 1.165) is 5.56 Å². The van der Waals surface area contributed by atoms with Crippen LogP contribution in [0.3, 0.4) is 0 Å². The number of benzene rings is 1. The monoisotopic (exact) mass is 278 g/mol. The number of hydrogen-bond donors (Lipinski definition) is 1. The van der Waals surface area contributed by atoms with Crippen LogP contribution in [0.25, 0.3) is 0 Å². The zero-order valence-electron chi connectivity index (χ0n) is 12.3. The first kappa shape index (κ1) is 14.7. The van der Waals surface area contributed by atoms with E-state index in [-0.39, 0.29) is 0 Å². The summed E-state index contributed by atoms with van der Waals surface area (Å²) in [6.07, 6.45) is 2.84. The summed E-state index contributed by atoms with van der Waals surface area (Å²) in [6, 6.07) is 5.63. The van der Waals surface area contributed by atoms with Gasteiger partial charge in [-0.25, -0.2) is 0 Å². The number of carboxylic acid groups (broad SMARTS) is 1. The Bertz CT molecular complexity index is 489. The van der Waals surface area contributed by atoms with Gasteiger partial charge in [-0.2, -0.15) is 0 Å². The Morgan fingerprint density at radius 2 is 2.10 bits per heavy atom. The van der Waals surface area contributed by atoms with Gasteiger partial charge in [0.2, 0.25) is 0 Å². The van der Waals surface area contributed by atoms with Crippen LogP contribution in [-0.4, -0.2) is 24.8 Å². The van der Waals surface area contributed by atoms with Gasteiger partial charge in [0, 0.05) is 0 Å². The fourth-order valence-electron chi connectivity index (χ4n) is 2.06. The molecule has 2 rings (SSSR count). The highest BCUT2D eigenvalue weighted by atomic mass is 16.5. The van der Waals surface area contributed by atoms with E-state index >= 15 is 0 Å². The van der Waals surface area contributed by atoms with Crippen molar-refractivity contribution in [3.63, 3.8) is 0 Å². The quantitative estimate of drug-likeness (QED) is 0.832. The molecule has 110 valence electrons. The minimum atomic E-state index is -0.829. The SMILES string of the molecule is COc1cccc(CC(C)(C)C(=O)O)c1OCC1CC1. The third-order valence-electron chi connectivity index (χ3n) is 3.65. The van der Waals surface area contributed by atoms with Gasteiger partial charge in [0.25, 0.3) is 0 Å². The molecule has 0 bridgehead atoms. The number of ether oxygens (including phenoxy) is 2. The van der Waals surface area contributed by atoms with Crippen molar-refractivity contribution in [3.05, 3.63) is 23.8 Å². The molecule has 0 radical (unpaired) electrons. The maximum atomic E-state index is 11.3. The van der Waals surface area contributed by atoms with E-state index in [9.17, 15) is 9.90 Å². The van der Waals surface area contributed by atoms with Crippen LogP contribution in [0, 0.1) is 11.3 Å². The van der Waals surface area contributed by atoms with Crippen LogP contribution in [0.1, 0.15) is 32.3 Å². The number of para-hydroxylation sites is 1. The van der Waals surface area contributed by atoms with Crippen molar-refractivity contribution in [2.24, 2.45) is 11.3 Å². The first-order valence-corrected chi connectivity index (χ1v) is 6.96. The average molecular weight is 278 g/mol. The highest BCUT2D eigenvalue weighted by molar-refractivity contribution is 5.74. The van der Waals surface area contributed by atoms with Crippen LogP contribution in [-0.2, 0) is 11.2 Å². The zero-order valence-corrected chi connectivity index (χ0v) is 12.3. The van der Waals surface area contributed by atoms with E-state index < -0.39 is 11.4 Å². The van der Waals surface area contributed by atoms with Gasteiger partial charge in [-0.15, -0.1) is 0 Å². The minimum Gasteiger partial charge on any atom is -0.493 e. The van der Waals surface area contributed by atoms with Gasteiger partial charge in [0.1, 0.15) is 0 Å². The Morgan fingerprint density at radius 3 is 2.65 bits per heavy atom. The molecule has 0 atom stereocenters. The summed E-state index contributed by atoms with van der Waals surface area (Å²) in [6.45, 7) is 4.12. The molecule has 20 heavy (non-hydrogen) atoms. The summed E-state index contributed by atoms with van der Waals surface area (Å²) >= 11 is 0. The molecule has 0 heterocycles. The van der Waals surface area contributed by atoms with Crippen molar-refractivity contribution in [3.8, 4) is 11.5 Å². The molecule has 0 unspecified atom stereocenters. The third kappa shape index (κ3) is 3.44. The fraction of sp³-hybridized carbons (Fsp3) is 0.562. The van der Waals surface area contributed by atoms with Gasteiger partial charge in [0.05, 0.1) is 19.1 Å². The lowest BCUT2D eigenvalue weighted by Crippen LogP contribution is -2.26. The average Bonchev–Trinajstić information content (AvgIpc) is 3.20. The predicted octanol–water partition coefficient (Wildman–Crippen LogP) is 3.14. The van der Waals surface area contributed by atoms with Gasteiger partial charge in [-0.1, -0.05) is 12.1 Å². The van der Waals surface area contributed by atoms with Crippen LogP contribution in [0.2, 0.25) is 0 Å². The predicted molar refractivity (Wildman–Crippen MR) is 76.3 cm³/mol. The Labute approximate surface area is 119 Å². The van der Waals surface area contributed by atoms with Crippen molar-refractivity contribution >= 4 is 5.97 Å². The minimum absolute atomic E-state index is 0.416. The van der Waals surface area contributed by atoms with Crippen molar-refractivity contribution < 1.29 is 19.4 Å². The van der Waals surface area contributed by atoms with Gasteiger partial charge in [-0.3, -0.25) is 4.79 Å². The van der Waals surface area contributed by atoms with Crippen molar-refractivity contribution in [2.75, 3.05) is 13.7 Å². The van der Waals surface area contributed by atoms with Crippen molar-refractivity contribution in [1.82, 2.24) is 0 Å². The maximum absolute atomic E-state index is 11.3. The fourth-order valence-corrected chi connectivity index (χ4v) is 2.06. The molecular formula is C16H22O4. The van der Waals surface area contributed by atoms with E-state index in [1.807, 2.05) is 18.2 Å². The molecule has 1 N–H and O–H groups in total. The Balaban J connectivity index is 2.23. The summed E-state index contributed by atoms with van der Waals surface area (Å²) < 4.78 is 11.2. The topological polar surface area (TPSA) is 55.8 Å². The molecule has 0 saturated heterocycles. The molecule has 1 aliphatic rings. The van der Waals surface area contributed by atoms with Crippen LogP contribution in [0.15, 0.2) is 18.2 Å². The molecule has 1 aromatic rings. The standard InChI is InChI=1S/C16H22O4/c1-16(2,15(17)18)9-12-5-4-6-13(19-3)14(12)20-10-11-7-8-11/h4-6,11H,7-10H2,1-3H3,(H,17,18). The smallest absolute Gasteiger partial charge is 0.309 e. The Kier molecular flexibility index (Phi) is 4.21. The van der Waals surface area contributed by atoms with Gasteiger partial charge in [-0.05, 0) is 50.7 Å². The highest BCUT2D eigenvalue weighted by Crippen LogP contribution is 2.37. The molecule has 0 aromatic heterocycles. The molecule has 0 amide bonds. The highest BCUT2D eigenvalue weighted by Gasteiger charge is 2.30. The Hall–Kier alpha value is -1.71. The van der Waals surface area contributed by atoms with Crippen LogP contribution < -0.4 is 9.47 Å². The molecule has 1 fully saturated rings. The maximum Gasteiger partial charge on any atom is 0.309 e. The number of rotatable bonds is 7. The molecular weight excluding hydrogens is 256 g/mol. The number of methoxy groups -OCH3 is 1. The van der Waals surface area contributed by atoms with E-state index in [1.165, 1.54) is 12.8 Å². The van der Waals surface area contributed by atoms with E-state index in [2.05, 4.69) is 0 Å². The summed E-state index contributed by atoms with van der Waals surface area (Å²) in [5.41, 5.74) is 0.0572. The molecule has 1 aromatic carbocycles. The molecule has 1 aliphatic carbocycles. The van der Waals surface area contributed by atoms with E-state index in [0.29, 0.717) is 30.4 Å². The molecule has 0 spiro atoms. The number of hydrogen-bond acceptors (Lipinski definition) is 3. The molecule has 1 saturated carbocycles. The number of aliphatic carboxylic acids is 1. The first-order chi connectivity index (χ1) is 9.44. The molecule has 4 nitrogen and oxygen atoms in total. The third-order valence-corrected chi connectivity index (χ3v) is 3.65. The second-order valence-electron chi connectivity index (χ2n) is 6.07. The summed E-state index contributed by atoms with van der Waals surface area (Å²) in [5.74, 6) is 1.19. The Morgan fingerprint density at radius 1 is 1.40 bits per heavy atom. The van der Waals surface area contributed by atoms with E-state index in [4.69, 9.17) is 9.47 Å².